The van der Waals surface area contributed by atoms with Gasteiger partial charge in [-0.25, -0.2) is 5.43 Å². The molecule has 0 radical (unpaired) electrons. The number of carbonyl (C=O) groups is 1. The van der Waals surface area contributed by atoms with E-state index in [0.29, 0.717) is 5.75 Å². The Morgan fingerprint density at radius 3 is 2.42 bits per heavy atom. The molecule has 0 aromatic heterocycles. The van der Waals surface area contributed by atoms with E-state index >= 15 is 0 Å². The zero-order valence-corrected chi connectivity index (χ0v) is 17.5. The van der Waals surface area contributed by atoms with Crippen molar-refractivity contribution in [2.24, 2.45) is 5.10 Å². The van der Waals surface area contributed by atoms with Gasteiger partial charge in [0.2, 0.25) is 0 Å². The van der Waals surface area contributed by atoms with Gasteiger partial charge in [-0.1, -0.05) is 51.1 Å². The fraction of sp³-hybridized carbons (Fsp3) is 0.333. The maximum Gasteiger partial charge on any atom is 0.277 e. The van der Waals surface area contributed by atoms with Crippen molar-refractivity contribution in [3.63, 3.8) is 0 Å². The van der Waals surface area contributed by atoms with Crippen molar-refractivity contribution in [3.05, 3.63) is 63.1 Å². The standard InChI is InChI=1S/C21H25BrN2O2/c1-14-10-15(2)20(18(22)11-14)26-13-19(25)24-23-12-16-6-8-17(9-7-16)21(3,4)5/h6-12H,13H2,1-5H3,(H,24,25)/b23-12+. The Hall–Kier alpha value is -2.14. The minimum Gasteiger partial charge on any atom is -0.482 e. The van der Waals surface area contributed by atoms with Crippen LogP contribution in [0.4, 0.5) is 0 Å². The third kappa shape index (κ3) is 5.70. The highest BCUT2D eigenvalue weighted by atomic mass is 79.9. The van der Waals surface area contributed by atoms with Gasteiger partial charge in [-0.2, -0.15) is 5.10 Å². The lowest BCUT2D eigenvalue weighted by atomic mass is 9.87. The van der Waals surface area contributed by atoms with E-state index in [1.54, 1.807) is 6.21 Å². The number of amides is 1. The van der Waals surface area contributed by atoms with Crippen molar-refractivity contribution in [2.75, 3.05) is 6.61 Å². The van der Waals surface area contributed by atoms with Crippen molar-refractivity contribution in [1.29, 1.82) is 0 Å². The summed E-state index contributed by atoms with van der Waals surface area (Å²) in [6.07, 6.45) is 1.62. The SMILES string of the molecule is Cc1cc(C)c(OCC(=O)N/N=C/c2ccc(C(C)(C)C)cc2)c(Br)c1. The number of hydrogen-bond donors (Lipinski definition) is 1. The van der Waals surface area contributed by atoms with Gasteiger partial charge < -0.3 is 4.74 Å². The third-order valence-electron chi connectivity index (χ3n) is 3.90. The van der Waals surface area contributed by atoms with E-state index in [4.69, 9.17) is 4.74 Å². The second-order valence-corrected chi connectivity index (χ2v) is 8.20. The predicted molar refractivity (Wildman–Crippen MR) is 110 cm³/mol. The van der Waals surface area contributed by atoms with Gasteiger partial charge in [0.1, 0.15) is 5.75 Å². The minimum absolute atomic E-state index is 0.0944. The summed E-state index contributed by atoms with van der Waals surface area (Å²) >= 11 is 3.46. The van der Waals surface area contributed by atoms with E-state index < -0.39 is 0 Å². The Kier molecular flexibility index (Phi) is 6.59. The van der Waals surface area contributed by atoms with E-state index in [1.165, 1.54) is 5.56 Å². The Labute approximate surface area is 163 Å². The molecule has 0 unspecified atom stereocenters. The van der Waals surface area contributed by atoms with Crippen LogP contribution in [-0.2, 0) is 10.2 Å². The smallest absolute Gasteiger partial charge is 0.277 e. The summed E-state index contributed by atoms with van der Waals surface area (Å²) < 4.78 is 6.45. The molecule has 4 nitrogen and oxygen atoms in total. The van der Waals surface area contributed by atoms with Gasteiger partial charge in [-0.3, -0.25) is 4.79 Å². The Balaban J connectivity index is 1.88. The zero-order chi connectivity index (χ0) is 19.3. The van der Waals surface area contributed by atoms with Crippen molar-refractivity contribution in [1.82, 2.24) is 5.43 Å². The lowest BCUT2D eigenvalue weighted by Gasteiger charge is -2.18. The van der Waals surface area contributed by atoms with Gasteiger partial charge in [0.25, 0.3) is 5.91 Å². The van der Waals surface area contributed by atoms with Crippen LogP contribution < -0.4 is 10.2 Å². The van der Waals surface area contributed by atoms with Crippen LogP contribution in [0.1, 0.15) is 43.0 Å². The first kappa shape index (κ1) is 20.2. The molecule has 2 rings (SSSR count). The maximum absolute atomic E-state index is 11.9. The molecule has 0 bridgehead atoms. The van der Waals surface area contributed by atoms with Crippen LogP contribution in [0.25, 0.3) is 0 Å². The average Bonchev–Trinajstić information content (AvgIpc) is 2.53. The number of hydrazone groups is 1. The van der Waals surface area contributed by atoms with E-state index in [-0.39, 0.29) is 17.9 Å². The van der Waals surface area contributed by atoms with Gasteiger partial charge in [0.15, 0.2) is 6.61 Å². The molecule has 0 aliphatic rings. The molecule has 1 N–H and O–H groups in total. The molecule has 0 aliphatic carbocycles. The summed E-state index contributed by atoms with van der Waals surface area (Å²) in [7, 11) is 0. The number of rotatable bonds is 5. The van der Waals surface area contributed by atoms with E-state index in [0.717, 1.165) is 21.2 Å². The molecule has 2 aromatic carbocycles. The second kappa shape index (κ2) is 8.49. The molecule has 0 atom stereocenters. The number of aryl methyl sites for hydroxylation is 2. The molecule has 1 amide bonds. The summed E-state index contributed by atoms with van der Waals surface area (Å²) in [5, 5.41) is 3.99. The number of carbonyl (C=O) groups excluding carboxylic acids is 1. The van der Waals surface area contributed by atoms with Gasteiger partial charge in [0.05, 0.1) is 10.7 Å². The van der Waals surface area contributed by atoms with Crippen LogP contribution in [0.15, 0.2) is 46.0 Å². The number of halogens is 1. The van der Waals surface area contributed by atoms with E-state index in [2.05, 4.69) is 59.4 Å². The first-order valence-electron chi connectivity index (χ1n) is 8.49. The quantitative estimate of drug-likeness (QED) is 0.556. The Bertz CT molecular complexity index is 783. The molecular formula is C21H25BrN2O2. The fourth-order valence-corrected chi connectivity index (χ4v) is 3.29. The first-order valence-corrected chi connectivity index (χ1v) is 9.28. The van der Waals surface area contributed by atoms with Crippen molar-refractivity contribution >= 4 is 28.1 Å². The number of nitrogens with one attached hydrogen (secondary N) is 1. The molecule has 138 valence electrons. The van der Waals surface area contributed by atoms with Crippen LogP contribution in [0, 0.1) is 13.8 Å². The highest BCUT2D eigenvalue weighted by molar-refractivity contribution is 9.10. The van der Waals surface area contributed by atoms with Gasteiger partial charge in [-0.15, -0.1) is 0 Å². The summed E-state index contributed by atoms with van der Waals surface area (Å²) in [6.45, 7) is 10.4. The maximum atomic E-state index is 11.9. The summed E-state index contributed by atoms with van der Waals surface area (Å²) in [4.78, 5) is 11.9. The van der Waals surface area contributed by atoms with Crippen molar-refractivity contribution in [3.8, 4) is 5.75 Å². The summed E-state index contributed by atoms with van der Waals surface area (Å²) in [5.41, 5.74) is 6.90. The molecule has 0 aliphatic heterocycles. The van der Waals surface area contributed by atoms with Crippen LogP contribution in [0.5, 0.6) is 5.75 Å². The highest BCUT2D eigenvalue weighted by Crippen LogP contribution is 2.30. The molecule has 0 fully saturated rings. The zero-order valence-electron chi connectivity index (χ0n) is 15.9. The van der Waals surface area contributed by atoms with E-state index in [9.17, 15) is 4.79 Å². The average molecular weight is 417 g/mol. The third-order valence-corrected chi connectivity index (χ3v) is 4.49. The van der Waals surface area contributed by atoms with Crippen LogP contribution in [-0.4, -0.2) is 18.7 Å². The second-order valence-electron chi connectivity index (χ2n) is 7.35. The summed E-state index contributed by atoms with van der Waals surface area (Å²) in [5.74, 6) is 0.368. The van der Waals surface area contributed by atoms with Crippen LogP contribution in [0.3, 0.4) is 0 Å². The molecular weight excluding hydrogens is 392 g/mol. The Morgan fingerprint density at radius 1 is 1.19 bits per heavy atom. The van der Waals surface area contributed by atoms with Crippen LogP contribution >= 0.6 is 15.9 Å². The predicted octanol–water partition coefficient (Wildman–Crippen LogP) is 4.89. The number of ether oxygens (including phenoxy) is 1. The molecule has 2 aromatic rings. The Morgan fingerprint density at radius 2 is 1.85 bits per heavy atom. The molecule has 0 saturated heterocycles. The van der Waals surface area contributed by atoms with Crippen molar-refractivity contribution < 1.29 is 9.53 Å². The van der Waals surface area contributed by atoms with Gasteiger partial charge >= 0.3 is 0 Å². The number of benzene rings is 2. The summed E-state index contributed by atoms with van der Waals surface area (Å²) in [6, 6.07) is 12.1. The fourth-order valence-electron chi connectivity index (χ4n) is 2.50. The minimum atomic E-state index is -0.306. The first-order chi connectivity index (χ1) is 12.2. The molecule has 26 heavy (non-hydrogen) atoms. The lowest BCUT2D eigenvalue weighted by Crippen LogP contribution is -2.24. The van der Waals surface area contributed by atoms with Crippen LogP contribution in [0.2, 0.25) is 0 Å². The van der Waals surface area contributed by atoms with Gasteiger partial charge in [-0.05, 0) is 63.5 Å². The lowest BCUT2D eigenvalue weighted by molar-refractivity contribution is -0.123. The monoisotopic (exact) mass is 416 g/mol. The largest absolute Gasteiger partial charge is 0.482 e. The number of nitrogens with zero attached hydrogens (tertiary/aromatic N) is 1. The normalized spacial score (nSPS) is 11.6. The molecule has 0 spiro atoms. The van der Waals surface area contributed by atoms with Crippen molar-refractivity contribution in [2.45, 2.75) is 40.0 Å². The highest BCUT2D eigenvalue weighted by Gasteiger charge is 2.12. The molecule has 5 heteroatoms. The van der Waals surface area contributed by atoms with E-state index in [1.807, 2.05) is 38.1 Å². The molecule has 0 saturated carbocycles. The number of hydrogen-bond acceptors (Lipinski definition) is 3. The topological polar surface area (TPSA) is 50.7 Å². The van der Waals surface area contributed by atoms with Gasteiger partial charge in [0, 0.05) is 0 Å². The molecule has 0 heterocycles.